The standard InChI is InChI=1S/C7H14N/c1-3-7-4-5-8(2)6-7/h6-7H,3-5H2,1-2H3/q+1. The molecule has 0 bridgehead atoms. The van der Waals surface area contributed by atoms with E-state index >= 15 is 0 Å². The van der Waals surface area contributed by atoms with E-state index in [1.165, 1.54) is 19.4 Å². The Hall–Kier alpha value is -0.330. The van der Waals surface area contributed by atoms with Crippen molar-refractivity contribution in [1.82, 2.24) is 0 Å². The topological polar surface area (TPSA) is 3.01 Å². The summed E-state index contributed by atoms with van der Waals surface area (Å²) in [5, 5.41) is 0. The molecule has 0 aromatic heterocycles. The number of rotatable bonds is 1. The van der Waals surface area contributed by atoms with E-state index in [1.54, 1.807) is 0 Å². The van der Waals surface area contributed by atoms with Crippen LogP contribution >= 0.6 is 0 Å². The Labute approximate surface area is 51.0 Å². The summed E-state index contributed by atoms with van der Waals surface area (Å²) in [5.41, 5.74) is 0. The zero-order valence-corrected chi connectivity index (χ0v) is 5.72. The van der Waals surface area contributed by atoms with Crippen LogP contribution in [0.4, 0.5) is 0 Å². The number of hydrogen-bond donors (Lipinski definition) is 0. The van der Waals surface area contributed by atoms with Gasteiger partial charge >= 0.3 is 0 Å². The highest BCUT2D eigenvalue weighted by molar-refractivity contribution is 5.56. The third-order valence-corrected chi connectivity index (χ3v) is 1.84. The lowest BCUT2D eigenvalue weighted by Gasteiger charge is -1.90. The van der Waals surface area contributed by atoms with Crippen LogP contribution in [0.5, 0.6) is 0 Å². The van der Waals surface area contributed by atoms with Crippen LogP contribution in [0.25, 0.3) is 0 Å². The molecule has 46 valence electrons. The quantitative estimate of drug-likeness (QED) is 0.447. The molecule has 0 fully saturated rings. The van der Waals surface area contributed by atoms with Gasteiger partial charge in [0.25, 0.3) is 0 Å². The van der Waals surface area contributed by atoms with Crippen LogP contribution in [0.1, 0.15) is 19.8 Å². The van der Waals surface area contributed by atoms with E-state index in [0.717, 1.165) is 5.92 Å². The van der Waals surface area contributed by atoms with Crippen molar-refractivity contribution < 1.29 is 4.58 Å². The Morgan fingerprint density at radius 1 is 1.75 bits per heavy atom. The monoisotopic (exact) mass is 112 g/mol. The highest BCUT2D eigenvalue weighted by Gasteiger charge is 2.16. The zero-order valence-electron chi connectivity index (χ0n) is 5.72. The summed E-state index contributed by atoms with van der Waals surface area (Å²) < 4.78 is 2.29. The first kappa shape index (κ1) is 5.80. The molecule has 0 aromatic carbocycles. The summed E-state index contributed by atoms with van der Waals surface area (Å²) in [6.45, 7) is 3.51. The first-order valence-corrected chi connectivity index (χ1v) is 3.38. The van der Waals surface area contributed by atoms with Crippen molar-refractivity contribution in [3.63, 3.8) is 0 Å². The lowest BCUT2D eigenvalue weighted by Crippen LogP contribution is -1.98. The molecule has 1 heteroatoms. The Balaban J connectivity index is 2.41. The predicted molar refractivity (Wildman–Crippen MR) is 35.5 cm³/mol. The summed E-state index contributed by atoms with van der Waals surface area (Å²) >= 11 is 0. The number of hydrogen-bond acceptors (Lipinski definition) is 0. The second kappa shape index (κ2) is 2.29. The Kier molecular flexibility index (Phi) is 1.66. The van der Waals surface area contributed by atoms with Crippen LogP contribution in [-0.2, 0) is 0 Å². The maximum atomic E-state index is 2.33. The molecule has 1 aliphatic heterocycles. The van der Waals surface area contributed by atoms with E-state index in [4.69, 9.17) is 0 Å². The summed E-state index contributed by atoms with van der Waals surface area (Å²) in [6.07, 6.45) is 5.01. The van der Waals surface area contributed by atoms with Gasteiger partial charge in [-0.3, -0.25) is 0 Å². The minimum Gasteiger partial charge on any atom is -0.242 e. The van der Waals surface area contributed by atoms with Crippen molar-refractivity contribution in [3.05, 3.63) is 0 Å². The van der Waals surface area contributed by atoms with E-state index in [9.17, 15) is 0 Å². The molecule has 0 spiro atoms. The van der Waals surface area contributed by atoms with E-state index in [1.807, 2.05) is 0 Å². The smallest absolute Gasteiger partial charge is 0.143 e. The minimum atomic E-state index is 0.875. The van der Waals surface area contributed by atoms with Gasteiger partial charge in [-0.2, -0.15) is 0 Å². The zero-order chi connectivity index (χ0) is 5.98. The first-order valence-electron chi connectivity index (χ1n) is 3.38. The van der Waals surface area contributed by atoms with Gasteiger partial charge in [-0.1, -0.05) is 6.92 Å². The van der Waals surface area contributed by atoms with Gasteiger partial charge in [0.2, 0.25) is 0 Å². The van der Waals surface area contributed by atoms with Crippen molar-refractivity contribution >= 4 is 6.21 Å². The maximum Gasteiger partial charge on any atom is 0.143 e. The SMILES string of the molecule is CCC1C=[N+](C)CC1. The molecule has 0 amide bonds. The second-order valence-electron chi connectivity index (χ2n) is 2.59. The minimum absolute atomic E-state index is 0.875. The molecule has 1 atom stereocenters. The molecule has 1 unspecified atom stereocenters. The van der Waals surface area contributed by atoms with Crippen molar-refractivity contribution in [2.75, 3.05) is 13.6 Å². The summed E-state index contributed by atoms with van der Waals surface area (Å²) in [6, 6.07) is 0. The van der Waals surface area contributed by atoms with Gasteiger partial charge < -0.3 is 0 Å². The Morgan fingerprint density at radius 2 is 2.50 bits per heavy atom. The fourth-order valence-corrected chi connectivity index (χ4v) is 1.19. The summed E-state index contributed by atoms with van der Waals surface area (Å²) in [4.78, 5) is 0. The van der Waals surface area contributed by atoms with E-state index in [-0.39, 0.29) is 0 Å². The van der Waals surface area contributed by atoms with Gasteiger partial charge in [0.1, 0.15) is 19.8 Å². The van der Waals surface area contributed by atoms with Gasteiger partial charge in [0.05, 0.1) is 0 Å². The molecule has 8 heavy (non-hydrogen) atoms. The van der Waals surface area contributed by atoms with Crippen LogP contribution in [0.15, 0.2) is 0 Å². The Bertz CT molecular complexity index is 105. The molecule has 1 heterocycles. The molecule has 1 nitrogen and oxygen atoms in total. The van der Waals surface area contributed by atoms with Gasteiger partial charge in [0, 0.05) is 12.3 Å². The van der Waals surface area contributed by atoms with Crippen molar-refractivity contribution in [3.8, 4) is 0 Å². The van der Waals surface area contributed by atoms with E-state index in [2.05, 4.69) is 24.8 Å². The largest absolute Gasteiger partial charge is 0.242 e. The predicted octanol–water partition coefficient (Wildman–Crippen LogP) is 1.13. The van der Waals surface area contributed by atoms with Crippen LogP contribution < -0.4 is 0 Å². The molecule has 0 saturated heterocycles. The molecule has 0 radical (unpaired) electrons. The van der Waals surface area contributed by atoms with E-state index < -0.39 is 0 Å². The van der Waals surface area contributed by atoms with Gasteiger partial charge in [-0.15, -0.1) is 0 Å². The molecule has 0 aromatic rings. The fraction of sp³-hybridized carbons (Fsp3) is 0.857. The van der Waals surface area contributed by atoms with Gasteiger partial charge in [0.15, 0.2) is 0 Å². The summed E-state index contributed by atoms with van der Waals surface area (Å²) in [7, 11) is 2.15. The maximum absolute atomic E-state index is 2.33. The van der Waals surface area contributed by atoms with Crippen LogP contribution in [0, 0.1) is 5.92 Å². The second-order valence-corrected chi connectivity index (χ2v) is 2.59. The average molecular weight is 112 g/mol. The number of nitrogens with zero attached hydrogens (tertiary/aromatic N) is 1. The lowest BCUT2D eigenvalue weighted by molar-refractivity contribution is -0.484. The van der Waals surface area contributed by atoms with Crippen LogP contribution in [0.2, 0.25) is 0 Å². The van der Waals surface area contributed by atoms with Crippen LogP contribution in [-0.4, -0.2) is 24.4 Å². The van der Waals surface area contributed by atoms with E-state index in [0.29, 0.717) is 0 Å². The molecular formula is C7H14N+. The third kappa shape index (κ3) is 1.09. The van der Waals surface area contributed by atoms with Gasteiger partial charge in [-0.05, 0) is 6.42 Å². The lowest BCUT2D eigenvalue weighted by atomic mass is 10.1. The van der Waals surface area contributed by atoms with Crippen molar-refractivity contribution in [1.29, 1.82) is 0 Å². The summed E-state index contributed by atoms with van der Waals surface area (Å²) in [5.74, 6) is 0.875. The highest BCUT2D eigenvalue weighted by atomic mass is 15.0. The molecule has 0 N–H and O–H groups in total. The van der Waals surface area contributed by atoms with Crippen molar-refractivity contribution in [2.24, 2.45) is 5.92 Å². The molecule has 0 aliphatic carbocycles. The molecular weight excluding hydrogens is 98.1 g/mol. The highest BCUT2D eigenvalue weighted by Crippen LogP contribution is 2.09. The first-order chi connectivity index (χ1) is 3.83. The molecule has 1 aliphatic rings. The van der Waals surface area contributed by atoms with Gasteiger partial charge in [-0.25, -0.2) is 4.58 Å². The van der Waals surface area contributed by atoms with Crippen LogP contribution in [0.3, 0.4) is 0 Å². The fourth-order valence-electron chi connectivity index (χ4n) is 1.19. The Morgan fingerprint density at radius 3 is 2.75 bits per heavy atom. The van der Waals surface area contributed by atoms with Crippen molar-refractivity contribution in [2.45, 2.75) is 19.8 Å². The third-order valence-electron chi connectivity index (χ3n) is 1.84. The average Bonchev–Trinajstić information content (AvgIpc) is 2.14. The molecule has 0 saturated carbocycles. The normalized spacial score (nSPS) is 28.2. The molecule has 1 rings (SSSR count).